The zero-order valence-corrected chi connectivity index (χ0v) is 24.6. The Balaban J connectivity index is 2.54. The fourth-order valence-corrected chi connectivity index (χ4v) is 6.27. The van der Waals surface area contributed by atoms with Crippen LogP contribution >= 0.6 is 0 Å². The van der Waals surface area contributed by atoms with Crippen molar-refractivity contribution in [3.05, 3.63) is 33.1 Å². The maximum atomic E-state index is 12.6. The van der Waals surface area contributed by atoms with Crippen LogP contribution in [0.25, 0.3) is 0 Å². The summed E-state index contributed by atoms with van der Waals surface area (Å²) in [6, 6.07) is 1.33. The number of hydrogen-bond acceptors (Lipinski definition) is 6. The maximum Gasteiger partial charge on any atom is 0.330 e. The van der Waals surface area contributed by atoms with Crippen LogP contribution < -0.4 is 11.2 Å². The molecule has 11 heteroatoms. The first-order valence-electron chi connectivity index (χ1n) is 11.3. The van der Waals surface area contributed by atoms with E-state index in [9.17, 15) is 9.59 Å². The van der Waals surface area contributed by atoms with E-state index in [4.69, 9.17) is 18.0 Å². The molecule has 0 radical (unpaired) electrons. The van der Waals surface area contributed by atoms with E-state index in [0.717, 1.165) is 0 Å². The van der Waals surface area contributed by atoms with Gasteiger partial charge in [-0.3, -0.25) is 14.3 Å². The second-order valence-corrected chi connectivity index (χ2v) is 25.8. The number of rotatable bonds is 8. The van der Waals surface area contributed by atoms with Crippen molar-refractivity contribution in [2.45, 2.75) is 103 Å². The molecule has 2 heterocycles. The van der Waals surface area contributed by atoms with Gasteiger partial charge in [0.05, 0.1) is 6.61 Å². The van der Waals surface area contributed by atoms with Crippen LogP contribution in [0.3, 0.4) is 0 Å². The van der Waals surface area contributed by atoms with Crippen LogP contribution in [0.5, 0.6) is 0 Å². The van der Waals surface area contributed by atoms with Gasteiger partial charge in [0.15, 0.2) is 31.2 Å². The first kappa shape index (κ1) is 27.4. The molecule has 0 saturated carbocycles. The standard InChI is InChI=1S/C21H42N2O6Si3/c1-21(2,3)32(10,11)29-17-15(14-26-30(4,5)6)27-19(18(17)28-31(7,8)9)23-13-12-16(24)22-20(23)25/h12-13,15,17-19H,14H2,1-11H3,(H,22,24,25)/t15-,17-,18-,19-/m1/s1. The molecular formula is C21H42N2O6Si3. The van der Waals surface area contributed by atoms with Gasteiger partial charge in [0.1, 0.15) is 18.3 Å². The van der Waals surface area contributed by atoms with Crippen molar-refractivity contribution in [3.63, 3.8) is 0 Å². The zero-order chi connectivity index (χ0) is 24.7. The summed E-state index contributed by atoms with van der Waals surface area (Å²) in [5, 5.41) is -0.00615. The number of hydrogen-bond donors (Lipinski definition) is 1. The molecule has 32 heavy (non-hydrogen) atoms. The van der Waals surface area contributed by atoms with Crippen LogP contribution in [0.1, 0.15) is 27.0 Å². The topological polar surface area (TPSA) is 91.8 Å². The minimum Gasteiger partial charge on any atom is -0.415 e. The van der Waals surface area contributed by atoms with E-state index in [2.05, 4.69) is 78.1 Å². The third-order valence-corrected chi connectivity index (χ3v) is 12.3. The molecule has 0 aliphatic carbocycles. The number of H-pyrrole nitrogens is 1. The highest BCUT2D eigenvalue weighted by Gasteiger charge is 2.52. The van der Waals surface area contributed by atoms with E-state index in [1.807, 2.05) is 0 Å². The quantitative estimate of drug-likeness (QED) is 0.542. The Labute approximate surface area is 195 Å². The molecule has 1 fully saturated rings. The summed E-state index contributed by atoms with van der Waals surface area (Å²) >= 11 is 0. The first-order valence-corrected chi connectivity index (χ1v) is 21.0. The summed E-state index contributed by atoms with van der Waals surface area (Å²) < 4.78 is 27.5. The minimum absolute atomic E-state index is 0.00615. The van der Waals surface area contributed by atoms with Gasteiger partial charge in [-0.25, -0.2) is 4.79 Å². The summed E-state index contributed by atoms with van der Waals surface area (Å²) in [6.07, 6.45) is -0.508. The van der Waals surface area contributed by atoms with E-state index < -0.39 is 48.5 Å². The highest BCUT2D eigenvalue weighted by Crippen LogP contribution is 2.42. The number of nitrogens with zero attached hydrogens (tertiary/aromatic N) is 1. The fraction of sp³-hybridized carbons (Fsp3) is 0.810. The van der Waals surface area contributed by atoms with Gasteiger partial charge in [0, 0.05) is 12.3 Å². The van der Waals surface area contributed by atoms with E-state index in [1.165, 1.54) is 16.8 Å². The highest BCUT2D eigenvalue weighted by molar-refractivity contribution is 6.74. The Morgan fingerprint density at radius 1 is 0.969 bits per heavy atom. The molecular weight excluding hydrogens is 460 g/mol. The van der Waals surface area contributed by atoms with Gasteiger partial charge in [-0.15, -0.1) is 0 Å². The largest absolute Gasteiger partial charge is 0.415 e. The Kier molecular flexibility index (Phi) is 8.08. The van der Waals surface area contributed by atoms with Crippen LogP contribution in [0.4, 0.5) is 0 Å². The molecule has 0 amide bonds. The van der Waals surface area contributed by atoms with Crippen LogP contribution in [0.15, 0.2) is 21.9 Å². The van der Waals surface area contributed by atoms with Gasteiger partial charge < -0.3 is 18.0 Å². The van der Waals surface area contributed by atoms with Gasteiger partial charge in [-0.2, -0.15) is 0 Å². The van der Waals surface area contributed by atoms with Crippen LogP contribution in [-0.2, 0) is 18.0 Å². The number of ether oxygens (including phenoxy) is 1. The molecule has 0 bridgehead atoms. The van der Waals surface area contributed by atoms with Crippen molar-refractivity contribution >= 4 is 25.0 Å². The lowest BCUT2D eigenvalue weighted by molar-refractivity contribution is -0.0498. The molecule has 184 valence electrons. The average molecular weight is 503 g/mol. The molecule has 1 N–H and O–H groups in total. The predicted molar refractivity (Wildman–Crippen MR) is 135 cm³/mol. The maximum absolute atomic E-state index is 12.6. The van der Waals surface area contributed by atoms with Gasteiger partial charge in [0.25, 0.3) is 5.56 Å². The lowest BCUT2D eigenvalue weighted by Gasteiger charge is -2.41. The van der Waals surface area contributed by atoms with Crippen molar-refractivity contribution in [2.24, 2.45) is 0 Å². The summed E-state index contributed by atoms with van der Waals surface area (Å²) in [4.78, 5) is 26.6. The third kappa shape index (κ3) is 7.08. The molecule has 2 rings (SSSR count). The minimum atomic E-state index is -2.19. The Bertz CT molecular complexity index is 895. The molecule has 1 aliphatic rings. The number of nitrogens with one attached hydrogen (secondary N) is 1. The molecule has 1 saturated heterocycles. The van der Waals surface area contributed by atoms with Crippen molar-refractivity contribution < 1.29 is 18.0 Å². The molecule has 0 unspecified atom stereocenters. The van der Waals surface area contributed by atoms with Gasteiger partial charge in [-0.05, 0) is 57.4 Å². The zero-order valence-electron chi connectivity index (χ0n) is 21.6. The SMILES string of the molecule is CC(C)(C)[Si](C)(C)O[C@H]1[C@@H](O[Si](C)(C)C)[C@H](n2ccc(=O)[nH]c2=O)O[C@@H]1CO[Si](C)(C)C. The van der Waals surface area contributed by atoms with Gasteiger partial charge in [-0.1, -0.05) is 20.8 Å². The van der Waals surface area contributed by atoms with Crippen molar-refractivity contribution in [1.82, 2.24) is 9.55 Å². The summed E-state index contributed by atoms with van der Waals surface area (Å²) in [7, 11) is -6.04. The smallest absolute Gasteiger partial charge is 0.330 e. The second-order valence-electron chi connectivity index (χ2n) is 12.0. The Hall–Kier alpha value is -0.829. The van der Waals surface area contributed by atoms with Crippen molar-refractivity contribution in [1.29, 1.82) is 0 Å². The second kappa shape index (κ2) is 9.43. The van der Waals surface area contributed by atoms with E-state index >= 15 is 0 Å². The Morgan fingerprint density at radius 3 is 2.03 bits per heavy atom. The molecule has 4 atom stereocenters. The molecule has 0 aromatic carbocycles. The summed E-state index contributed by atoms with van der Waals surface area (Å²) in [6.45, 7) is 24.1. The van der Waals surface area contributed by atoms with Gasteiger partial charge in [0.2, 0.25) is 0 Å². The predicted octanol–water partition coefficient (Wildman–Crippen LogP) is 3.90. The van der Waals surface area contributed by atoms with Crippen molar-refractivity contribution in [3.8, 4) is 0 Å². The monoisotopic (exact) mass is 502 g/mol. The first-order chi connectivity index (χ1) is 14.3. The number of aromatic amines is 1. The van der Waals surface area contributed by atoms with E-state index in [-0.39, 0.29) is 17.2 Å². The van der Waals surface area contributed by atoms with E-state index in [1.54, 1.807) is 0 Å². The fourth-order valence-electron chi connectivity index (χ4n) is 3.22. The molecule has 1 aromatic heterocycles. The van der Waals surface area contributed by atoms with Crippen LogP contribution in [0.2, 0.25) is 57.4 Å². The number of aromatic nitrogens is 2. The van der Waals surface area contributed by atoms with Crippen LogP contribution in [0, 0.1) is 0 Å². The molecule has 1 aromatic rings. The van der Waals surface area contributed by atoms with Crippen molar-refractivity contribution in [2.75, 3.05) is 6.61 Å². The van der Waals surface area contributed by atoms with Gasteiger partial charge >= 0.3 is 5.69 Å². The lowest BCUT2D eigenvalue weighted by Crippen LogP contribution is -2.52. The molecule has 8 nitrogen and oxygen atoms in total. The normalized spacial score (nSPS) is 25.3. The summed E-state index contributed by atoms with van der Waals surface area (Å²) in [5.41, 5.74) is -0.968. The Morgan fingerprint density at radius 2 is 1.56 bits per heavy atom. The average Bonchev–Trinajstić information content (AvgIpc) is 2.87. The lowest BCUT2D eigenvalue weighted by atomic mass is 10.1. The molecule has 0 spiro atoms. The highest BCUT2D eigenvalue weighted by atomic mass is 28.4. The van der Waals surface area contributed by atoms with E-state index in [0.29, 0.717) is 6.61 Å². The summed E-state index contributed by atoms with van der Waals surface area (Å²) in [5.74, 6) is 0. The third-order valence-electron chi connectivity index (χ3n) is 5.82. The molecule has 1 aliphatic heterocycles. The van der Waals surface area contributed by atoms with Crippen LogP contribution in [-0.4, -0.2) is 59.4 Å².